The van der Waals surface area contributed by atoms with E-state index in [4.69, 9.17) is 9.47 Å². The highest BCUT2D eigenvalue weighted by Crippen LogP contribution is 2.37. The summed E-state index contributed by atoms with van der Waals surface area (Å²) in [7, 11) is 0. The minimum atomic E-state index is -0.396. The van der Waals surface area contributed by atoms with E-state index in [0.29, 0.717) is 29.0 Å². The molecule has 138 valence electrons. The van der Waals surface area contributed by atoms with E-state index in [1.54, 1.807) is 23.6 Å². The third-order valence-corrected chi connectivity index (χ3v) is 5.97. The number of carbonyl (C=O) groups is 1. The van der Waals surface area contributed by atoms with Gasteiger partial charge in [-0.1, -0.05) is 24.3 Å². The normalized spacial score (nSPS) is 14.8. The van der Waals surface area contributed by atoms with E-state index in [2.05, 4.69) is 21.0 Å². The molecule has 1 aromatic heterocycles. The van der Waals surface area contributed by atoms with Crippen molar-refractivity contribution in [3.05, 3.63) is 63.4 Å². The molecule has 1 saturated heterocycles. The van der Waals surface area contributed by atoms with Crippen molar-refractivity contribution in [2.24, 2.45) is 5.10 Å². The SMILES string of the molecule is O=C(Oc1c(/C=N\N2CCOCC2)sc2ccccc12)c1ccccc1Br. The third kappa shape index (κ3) is 4.05. The zero-order chi connectivity index (χ0) is 18.6. The molecular formula is C20H17BrN2O3S. The number of rotatable bonds is 4. The van der Waals surface area contributed by atoms with Crippen molar-refractivity contribution in [3.8, 4) is 5.75 Å². The van der Waals surface area contributed by atoms with E-state index < -0.39 is 5.97 Å². The Labute approximate surface area is 169 Å². The van der Waals surface area contributed by atoms with Crippen molar-refractivity contribution in [1.82, 2.24) is 5.01 Å². The van der Waals surface area contributed by atoms with Crippen molar-refractivity contribution in [3.63, 3.8) is 0 Å². The lowest BCUT2D eigenvalue weighted by Gasteiger charge is -2.23. The van der Waals surface area contributed by atoms with E-state index in [1.165, 1.54) is 0 Å². The minimum absolute atomic E-state index is 0.396. The van der Waals surface area contributed by atoms with Gasteiger partial charge in [0.1, 0.15) is 0 Å². The number of benzene rings is 2. The Morgan fingerprint density at radius 1 is 1.15 bits per heavy atom. The molecule has 0 amide bonds. The molecule has 0 atom stereocenters. The predicted molar refractivity (Wildman–Crippen MR) is 111 cm³/mol. The van der Waals surface area contributed by atoms with E-state index in [0.717, 1.165) is 28.1 Å². The molecule has 3 aromatic rings. The molecule has 0 spiro atoms. The smallest absolute Gasteiger partial charge is 0.344 e. The van der Waals surface area contributed by atoms with Gasteiger partial charge < -0.3 is 9.47 Å². The van der Waals surface area contributed by atoms with Crippen LogP contribution in [0.25, 0.3) is 10.1 Å². The number of ether oxygens (including phenoxy) is 2. The highest BCUT2D eigenvalue weighted by molar-refractivity contribution is 9.10. The third-order valence-electron chi connectivity index (χ3n) is 4.19. The van der Waals surface area contributed by atoms with Crippen molar-refractivity contribution < 1.29 is 14.3 Å². The standard InChI is InChI=1S/C20H17BrN2O3S/c21-16-7-3-1-5-14(16)20(24)26-19-15-6-2-4-8-17(15)27-18(19)13-22-23-9-11-25-12-10-23/h1-8,13H,9-12H2/b22-13-. The maximum Gasteiger partial charge on any atom is 0.344 e. The van der Waals surface area contributed by atoms with Crippen molar-refractivity contribution in [2.45, 2.75) is 0 Å². The van der Waals surface area contributed by atoms with Gasteiger partial charge in [0.25, 0.3) is 0 Å². The molecule has 0 saturated carbocycles. The maximum absolute atomic E-state index is 12.7. The molecule has 2 heterocycles. The fourth-order valence-electron chi connectivity index (χ4n) is 2.81. The second-order valence-electron chi connectivity index (χ2n) is 5.97. The summed E-state index contributed by atoms with van der Waals surface area (Å²) in [5.41, 5.74) is 0.490. The molecule has 0 unspecified atom stereocenters. The number of hydrazone groups is 1. The quantitative estimate of drug-likeness (QED) is 0.437. The molecule has 27 heavy (non-hydrogen) atoms. The number of nitrogens with zero attached hydrogens (tertiary/aromatic N) is 2. The highest BCUT2D eigenvalue weighted by Gasteiger charge is 2.19. The van der Waals surface area contributed by atoms with Gasteiger partial charge in [0.15, 0.2) is 5.75 Å². The van der Waals surface area contributed by atoms with Gasteiger partial charge in [0.05, 0.1) is 43.0 Å². The lowest BCUT2D eigenvalue weighted by molar-refractivity contribution is 0.0397. The Balaban J connectivity index is 1.67. The van der Waals surface area contributed by atoms with E-state index >= 15 is 0 Å². The molecule has 7 heteroatoms. The van der Waals surface area contributed by atoms with Gasteiger partial charge in [-0.3, -0.25) is 5.01 Å². The van der Waals surface area contributed by atoms with Gasteiger partial charge in [-0.25, -0.2) is 4.79 Å². The zero-order valence-corrected chi connectivity index (χ0v) is 16.8. The lowest BCUT2D eigenvalue weighted by atomic mass is 10.2. The molecule has 0 aliphatic carbocycles. The van der Waals surface area contributed by atoms with Crippen LogP contribution in [-0.2, 0) is 4.74 Å². The van der Waals surface area contributed by atoms with Crippen LogP contribution >= 0.6 is 27.3 Å². The van der Waals surface area contributed by atoms with Crippen LogP contribution in [0.4, 0.5) is 0 Å². The van der Waals surface area contributed by atoms with Crippen LogP contribution in [0.2, 0.25) is 0 Å². The number of morpholine rings is 1. The first-order valence-corrected chi connectivity index (χ1v) is 10.2. The molecular weight excluding hydrogens is 428 g/mol. The topological polar surface area (TPSA) is 51.1 Å². The first-order chi connectivity index (χ1) is 13.2. The minimum Gasteiger partial charge on any atom is -0.421 e. The molecule has 0 radical (unpaired) electrons. The van der Waals surface area contributed by atoms with Crippen molar-refractivity contribution >= 4 is 49.5 Å². The molecule has 0 bridgehead atoms. The van der Waals surface area contributed by atoms with E-state index in [9.17, 15) is 4.79 Å². The Morgan fingerprint density at radius 2 is 1.89 bits per heavy atom. The summed E-state index contributed by atoms with van der Waals surface area (Å²) in [6.45, 7) is 2.86. The molecule has 1 aliphatic heterocycles. The van der Waals surface area contributed by atoms with Gasteiger partial charge in [0.2, 0.25) is 0 Å². The van der Waals surface area contributed by atoms with Gasteiger partial charge in [-0.05, 0) is 40.2 Å². The number of hydrogen-bond acceptors (Lipinski definition) is 6. The Kier molecular flexibility index (Phi) is 5.52. The van der Waals surface area contributed by atoms with Crippen LogP contribution in [0.15, 0.2) is 58.1 Å². The predicted octanol–water partition coefficient (Wildman–Crippen LogP) is 4.55. The Hall–Kier alpha value is -2.22. The summed E-state index contributed by atoms with van der Waals surface area (Å²) in [6.07, 6.45) is 1.78. The molecule has 1 aliphatic rings. The number of carbonyl (C=O) groups excluding carboxylic acids is 1. The van der Waals surface area contributed by atoms with Crippen LogP contribution in [-0.4, -0.2) is 43.5 Å². The van der Waals surface area contributed by atoms with Gasteiger partial charge in [-0.15, -0.1) is 11.3 Å². The molecule has 0 N–H and O–H groups in total. The fourth-order valence-corrected chi connectivity index (χ4v) is 4.25. The molecule has 1 fully saturated rings. The molecule has 4 rings (SSSR count). The number of thiophene rings is 1. The van der Waals surface area contributed by atoms with Crippen LogP contribution in [0.3, 0.4) is 0 Å². The second kappa shape index (κ2) is 8.21. The monoisotopic (exact) mass is 444 g/mol. The summed E-state index contributed by atoms with van der Waals surface area (Å²) < 4.78 is 12.9. The first kappa shape index (κ1) is 18.2. The summed E-state index contributed by atoms with van der Waals surface area (Å²) in [5.74, 6) is 0.153. The summed E-state index contributed by atoms with van der Waals surface area (Å²) in [5, 5.41) is 7.42. The summed E-state index contributed by atoms with van der Waals surface area (Å²) >= 11 is 4.97. The number of halogens is 1. The van der Waals surface area contributed by atoms with Crippen molar-refractivity contribution in [1.29, 1.82) is 0 Å². The number of hydrogen-bond donors (Lipinski definition) is 0. The van der Waals surface area contributed by atoms with Gasteiger partial charge in [-0.2, -0.15) is 5.10 Å². The molecule has 2 aromatic carbocycles. The first-order valence-electron chi connectivity index (χ1n) is 8.57. The summed E-state index contributed by atoms with van der Waals surface area (Å²) in [6, 6.07) is 15.1. The van der Waals surface area contributed by atoms with E-state index in [-0.39, 0.29) is 0 Å². The average molecular weight is 445 g/mol. The van der Waals surface area contributed by atoms with Crippen LogP contribution < -0.4 is 4.74 Å². The number of esters is 1. The zero-order valence-electron chi connectivity index (χ0n) is 14.4. The van der Waals surface area contributed by atoms with Crippen LogP contribution in [0, 0.1) is 0 Å². The van der Waals surface area contributed by atoms with Crippen molar-refractivity contribution in [2.75, 3.05) is 26.3 Å². The number of fused-ring (bicyclic) bond motifs is 1. The maximum atomic E-state index is 12.7. The summed E-state index contributed by atoms with van der Waals surface area (Å²) in [4.78, 5) is 13.5. The lowest BCUT2D eigenvalue weighted by Crippen LogP contribution is -2.32. The largest absolute Gasteiger partial charge is 0.421 e. The van der Waals surface area contributed by atoms with Crippen LogP contribution in [0.1, 0.15) is 15.2 Å². The van der Waals surface area contributed by atoms with Gasteiger partial charge >= 0.3 is 5.97 Å². The Morgan fingerprint density at radius 3 is 2.70 bits per heavy atom. The molecule has 5 nitrogen and oxygen atoms in total. The second-order valence-corrected chi connectivity index (χ2v) is 7.91. The highest BCUT2D eigenvalue weighted by atomic mass is 79.9. The average Bonchev–Trinajstić information content (AvgIpc) is 3.05. The van der Waals surface area contributed by atoms with E-state index in [1.807, 2.05) is 47.5 Å². The Bertz CT molecular complexity index is 996. The van der Waals surface area contributed by atoms with Crippen LogP contribution in [0.5, 0.6) is 5.75 Å². The fraction of sp³-hybridized carbons (Fsp3) is 0.200. The van der Waals surface area contributed by atoms with Gasteiger partial charge in [0, 0.05) is 14.6 Å².